The van der Waals surface area contributed by atoms with Gasteiger partial charge in [-0.3, -0.25) is 9.36 Å². The van der Waals surface area contributed by atoms with Gasteiger partial charge in [0, 0.05) is 0 Å². The fourth-order valence-corrected chi connectivity index (χ4v) is 6.64. The molecule has 1 aliphatic rings. The Labute approximate surface area is 236 Å². The van der Waals surface area contributed by atoms with Crippen molar-refractivity contribution < 1.29 is 19.0 Å². The molecule has 0 N–H and O–H groups in total. The molecule has 4 aromatic rings. The fraction of sp³-hybridized carbons (Fsp3) is 0.207. The maximum Gasteiger partial charge on any atom is 0.338 e. The van der Waals surface area contributed by atoms with Crippen LogP contribution < -0.4 is 24.4 Å². The fourth-order valence-electron chi connectivity index (χ4n) is 4.75. The van der Waals surface area contributed by atoms with Gasteiger partial charge in [0.05, 0.1) is 46.2 Å². The minimum Gasteiger partial charge on any atom is -0.493 e. The van der Waals surface area contributed by atoms with Crippen LogP contribution in [0.5, 0.6) is 11.5 Å². The molecule has 5 rings (SSSR count). The molecule has 0 saturated carbocycles. The summed E-state index contributed by atoms with van der Waals surface area (Å²) < 4.78 is 19.3. The van der Waals surface area contributed by atoms with Crippen LogP contribution in [0, 0.1) is 3.57 Å². The molecule has 0 saturated heterocycles. The van der Waals surface area contributed by atoms with Gasteiger partial charge in [0.15, 0.2) is 16.3 Å². The lowest BCUT2D eigenvalue weighted by atomic mass is 9.91. The smallest absolute Gasteiger partial charge is 0.338 e. The van der Waals surface area contributed by atoms with Crippen LogP contribution in [0.2, 0.25) is 0 Å². The molecule has 0 bridgehead atoms. The van der Waals surface area contributed by atoms with Gasteiger partial charge >= 0.3 is 5.97 Å². The molecule has 0 amide bonds. The van der Waals surface area contributed by atoms with Crippen LogP contribution in [0.25, 0.3) is 16.8 Å². The molecule has 0 radical (unpaired) electrons. The number of hydrogen-bond donors (Lipinski definition) is 0. The summed E-state index contributed by atoms with van der Waals surface area (Å²) in [6.07, 6.45) is 1.82. The molecule has 38 heavy (non-hydrogen) atoms. The summed E-state index contributed by atoms with van der Waals surface area (Å²) in [5.74, 6) is 0.736. The summed E-state index contributed by atoms with van der Waals surface area (Å²) in [4.78, 5) is 32.4. The highest BCUT2D eigenvalue weighted by Gasteiger charge is 2.34. The Morgan fingerprint density at radius 3 is 2.63 bits per heavy atom. The minimum absolute atomic E-state index is 0.222. The van der Waals surface area contributed by atoms with E-state index in [4.69, 9.17) is 14.2 Å². The summed E-state index contributed by atoms with van der Waals surface area (Å²) in [6, 6.07) is 16.9. The average molecular weight is 640 g/mol. The van der Waals surface area contributed by atoms with Gasteiger partial charge in [0.2, 0.25) is 0 Å². The van der Waals surface area contributed by atoms with Crippen LogP contribution in [0.4, 0.5) is 0 Å². The first-order valence-corrected chi connectivity index (χ1v) is 13.9. The Kier molecular flexibility index (Phi) is 7.40. The third-order valence-corrected chi connectivity index (χ3v) is 8.17. The molecule has 9 heteroatoms. The predicted octanol–water partition coefficient (Wildman–Crippen LogP) is 4.57. The van der Waals surface area contributed by atoms with Crippen LogP contribution in [-0.2, 0) is 9.53 Å². The molecular formula is C29H25IN2O5S. The monoisotopic (exact) mass is 640 g/mol. The van der Waals surface area contributed by atoms with Gasteiger partial charge in [-0.25, -0.2) is 9.79 Å². The standard InChI is InChI=1S/C29H25IN2O5S/c1-5-37-28(34)24-16(2)31-29-32(25(24)20-12-8-10-18-9-6-7-11-19(18)20)27(33)23(38-29)15-17-13-21(30)26(36-4)22(14-17)35-3/h6-15,25H,5H2,1-4H3/b23-15-/t25-/m0/s1. The maximum atomic E-state index is 14.0. The first kappa shape index (κ1) is 26.2. The maximum absolute atomic E-state index is 14.0. The number of ether oxygens (including phenoxy) is 3. The first-order chi connectivity index (χ1) is 18.4. The summed E-state index contributed by atoms with van der Waals surface area (Å²) in [5.41, 5.74) is 2.30. The second kappa shape index (κ2) is 10.7. The third-order valence-electron chi connectivity index (χ3n) is 6.39. The number of thiazole rings is 1. The Balaban J connectivity index is 1.78. The SMILES string of the molecule is CCOC(=O)C1=C(C)N=c2s/c(=C\c3cc(I)c(OC)c(OC)c3)c(=O)n2[C@H]1c1cccc2ccccc12. The Morgan fingerprint density at radius 2 is 1.89 bits per heavy atom. The topological polar surface area (TPSA) is 79.1 Å². The van der Waals surface area contributed by atoms with E-state index in [-0.39, 0.29) is 12.2 Å². The predicted molar refractivity (Wildman–Crippen MR) is 157 cm³/mol. The lowest BCUT2D eigenvalue weighted by Gasteiger charge is -2.25. The number of carbonyl (C=O) groups excluding carboxylic acids is 1. The van der Waals surface area contributed by atoms with Gasteiger partial charge in [-0.15, -0.1) is 0 Å². The quantitative estimate of drug-likeness (QED) is 0.228. The molecular weight excluding hydrogens is 615 g/mol. The van der Waals surface area contributed by atoms with Crippen LogP contribution in [0.15, 0.2) is 75.7 Å². The Hall–Kier alpha value is -3.44. The van der Waals surface area contributed by atoms with Gasteiger partial charge in [0.25, 0.3) is 5.56 Å². The van der Waals surface area contributed by atoms with Gasteiger partial charge < -0.3 is 14.2 Å². The minimum atomic E-state index is -0.677. The number of benzene rings is 3. The number of halogens is 1. The van der Waals surface area contributed by atoms with Crippen molar-refractivity contribution in [2.75, 3.05) is 20.8 Å². The second-order valence-corrected chi connectivity index (χ2v) is 10.8. The zero-order valence-electron chi connectivity index (χ0n) is 21.3. The first-order valence-electron chi connectivity index (χ1n) is 12.0. The van der Waals surface area contributed by atoms with Crippen molar-refractivity contribution in [1.82, 2.24) is 4.57 Å². The number of esters is 1. The van der Waals surface area contributed by atoms with Crippen LogP contribution in [0.3, 0.4) is 0 Å². The molecule has 3 aromatic carbocycles. The number of allylic oxidation sites excluding steroid dienone is 1. The van der Waals surface area contributed by atoms with Crippen molar-refractivity contribution in [2.24, 2.45) is 4.99 Å². The number of carbonyl (C=O) groups is 1. The van der Waals surface area contributed by atoms with Gasteiger partial charge in [-0.05, 0) is 76.5 Å². The number of rotatable bonds is 6. The van der Waals surface area contributed by atoms with E-state index in [9.17, 15) is 9.59 Å². The largest absolute Gasteiger partial charge is 0.493 e. The molecule has 0 aliphatic carbocycles. The van der Waals surface area contributed by atoms with E-state index >= 15 is 0 Å². The number of methoxy groups -OCH3 is 2. The molecule has 0 fully saturated rings. The summed E-state index contributed by atoms with van der Waals surface area (Å²) >= 11 is 3.47. The molecule has 1 aromatic heterocycles. The summed E-state index contributed by atoms with van der Waals surface area (Å²) in [7, 11) is 3.17. The van der Waals surface area contributed by atoms with Crippen LogP contribution in [-0.4, -0.2) is 31.4 Å². The van der Waals surface area contributed by atoms with E-state index in [1.165, 1.54) is 11.3 Å². The Bertz CT molecular complexity index is 1780. The number of aromatic nitrogens is 1. The lowest BCUT2D eigenvalue weighted by Crippen LogP contribution is -2.40. The Morgan fingerprint density at radius 1 is 1.13 bits per heavy atom. The highest BCUT2D eigenvalue weighted by Crippen LogP contribution is 2.35. The molecule has 1 aliphatic heterocycles. The highest BCUT2D eigenvalue weighted by molar-refractivity contribution is 14.1. The molecule has 194 valence electrons. The van der Waals surface area contributed by atoms with Crippen molar-refractivity contribution in [3.8, 4) is 11.5 Å². The van der Waals surface area contributed by atoms with E-state index in [2.05, 4.69) is 27.6 Å². The van der Waals surface area contributed by atoms with E-state index in [0.717, 1.165) is 25.5 Å². The van der Waals surface area contributed by atoms with Crippen molar-refractivity contribution in [3.63, 3.8) is 0 Å². The zero-order valence-corrected chi connectivity index (χ0v) is 24.3. The molecule has 7 nitrogen and oxygen atoms in total. The molecule has 0 unspecified atom stereocenters. The second-order valence-electron chi connectivity index (χ2n) is 8.61. The summed E-state index contributed by atoms with van der Waals surface area (Å²) in [6.45, 7) is 3.78. The van der Waals surface area contributed by atoms with Gasteiger partial charge in [0.1, 0.15) is 0 Å². The zero-order chi connectivity index (χ0) is 27.0. The van der Waals surface area contributed by atoms with Crippen LogP contribution in [0.1, 0.15) is 31.0 Å². The third kappa shape index (κ3) is 4.54. The lowest BCUT2D eigenvalue weighted by molar-refractivity contribution is -0.139. The van der Waals surface area contributed by atoms with Crippen molar-refractivity contribution >= 4 is 56.7 Å². The average Bonchev–Trinajstić information content (AvgIpc) is 3.21. The molecule has 1 atom stereocenters. The van der Waals surface area contributed by atoms with E-state index in [1.54, 1.807) is 32.6 Å². The van der Waals surface area contributed by atoms with Crippen LogP contribution >= 0.6 is 33.9 Å². The van der Waals surface area contributed by atoms with Crippen molar-refractivity contribution in [1.29, 1.82) is 0 Å². The number of nitrogens with zero attached hydrogens (tertiary/aromatic N) is 2. The van der Waals surface area contributed by atoms with E-state index < -0.39 is 12.0 Å². The number of fused-ring (bicyclic) bond motifs is 2. The molecule has 0 spiro atoms. The summed E-state index contributed by atoms with van der Waals surface area (Å²) in [5, 5.41) is 1.98. The number of hydrogen-bond acceptors (Lipinski definition) is 7. The highest BCUT2D eigenvalue weighted by atomic mass is 127. The van der Waals surface area contributed by atoms with Crippen molar-refractivity contribution in [3.05, 3.63) is 100 Å². The van der Waals surface area contributed by atoms with Gasteiger partial charge in [-0.2, -0.15) is 0 Å². The normalized spacial score (nSPS) is 15.3. The van der Waals surface area contributed by atoms with E-state index in [1.807, 2.05) is 60.7 Å². The van der Waals surface area contributed by atoms with E-state index in [0.29, 0.717) is 32.1 Å². The van der Waals surface area contributed by atoms with Gasteiger partial charge in [-0.1, -0.05) is 53.8 Å². The molecule has 2 heterocycles. The van der Waals surface area contributed by atoms with Crippen molar-refractivity contribution in [2.45, 2.75) is 19.9 Å².